The average Bonchev–Trinajstić information content (AvgIpc) is 2.96. The van der Waals surface area contributed by atoms with Crippen molar-refractivity contribution in [2.45, 2.75) is 0 Å². The van der Waals surface area contributed by atoms with Gasteiger partial charge in [0.05, 0.1) is 17.3 Å². The lowest BCUT2D eigenvalue weighted by Gasteiger charge is -2.37. The molecule has 2 heterocycles. The van der Waals surface area contributed by atoms with E-state index >= 15 is 0 Å². The molecule has 4 nitrogen and oxygen atoms in total. The summed E-state index contributed by atoms with van der Waals surface area (Å²) in [7, 11) is 1.70. The van der Waals surface area contributed by atoms with Gasteiger partial charge in [-0.2, -0.15) is 0 Å². The Morgan fingerprint density at radius 1 is 1.07 bits per heavy atom. The van der Waals surface area contributed by atoms with Crippen LogP contribution in [-0.2, 0) is 4.74 Å². The molecule has 1 saturated heterocycles. The van der Waals surface area contributed by atoms with Crippen LogP contribution in [0.2, 0.25) is 0 Å². The first-order chi connectivity index (χ1) is 13.7. The van der Waals surface area contributed by atoms with Crippen LogP contribution in [0.3, 0.4) is 0 Å². The minimum Gasteiger partial charge on any atom is -0.494 e. The van der Waals surface area contributed by atoms with E-state index in [1.165, 1.54) is 11.3 Å². The van der Waals surface area contributed by atoms with E-state index < -0.39 is 0 Å². The minimum atomic E-state index is 0.163. The quantitative estimate of drug-likeness (QED) is 0.583. The first kappa shape index (κ1) is 19.7. The molecule has 0 aromatic heterocycles. The second-order valence-electron chi connectivity index (χ2n) is 7.06. The van der Waals surface area contributed by atoms with Gasteiger partial charge in [-0.05, 0) is 57.9 Å². The number of methoxy groups -OCH3 is 1. The topological polar surface area (TPSA) is 28.1 Å². The third-order valence-electron chi connectivity index (χ3n) is 5.34. The molecule has 1 aromatic carbocycles. The van der Waals surface area contributed by atoms with Gasteiger partial charge in [0.25, 0.3) is 0 Å². The summed E-state index contributed by atoms with van der Waals surface area (Å²) in [6.45, 7) is 5.12. The monoisotopic (exact) mass is 503 g/mol. The summed E-state index contributed by atoms with van der Waals surface area (Å²) in [5.41, 5.74) is 3.62. The van der Waals surface area contributed by atoms with Crippen molar-refractivity contribution in [3.63, 3.8) is 0 Å². The first-order valence-corrected chi connectivity index (χ1v) is 11.0. The van der Waals surface area contributed by atoms with Crippen LogP contribution in [0.15, 0.2) is 80.0 Å². The Bertz CT molecular complexity index is 876. The lowest BCUT2D eigenvalue weighted by atomic mass is 9.87. The van der Waals surface area contributed by atoms with Crippen molar-refractivity contribution in [3.8, 4) is 0 Å². The Labute approximate surface area is 183 Å². The third-order valence-corrected chi connectivity index (χ3v) is 6.46. The van der Waals surface area contributed by atoms with Gasteiger partial charge in [-0.3, -0.25) is 9.89 Å². The van der Waals surface area contributed by atoms with Gasteiger partial charge in [0.1, 0.15) is 0 Å². The lowest BCUT2D eigenvalue weighted by Crippen LogP contribution is -2.47. The fourth-order valence-corrected chi connectivity index (χ4v) is 4.80. The van der Waals surface area contributed by atoms with Crippen LogP contribution >= 0.6 is 31.9 Å². The fraction of sp³-hybridized carbons (Fsp3) is 0.318. The minimum absolute atomic E-state index is 0.163. The average molecular weight is 505 g/mol. The number of aliphatic imine (C=N–C) groups is 1. The van der Waals surface area contributed by atoms with Gasteiger partial charge >= 0.3 is 0 Å². The molecule has 28 heavy (non-hydrogen) atoms. The van der Waals surface area contributed by atoms with Gasteiger partial charge in [-0.25, -0.2) is 0 Å². The molecule has 0 spiro atoms. The van der Waals surface area contributed by atoms with E-state index in [2.05, 4.69) is 89.1 Å². The molecule has 1 fully saturated rings. The molecule has 4 rings (SSSR count). The summed E-state index contributed by atoms with van der Waals surface area (Å²) in [4.78, 5) is 9.63. The van der Waals surface area contributed by atoms with E-state index in [0.717, 1.165) is 53.1 Å². The number of hydrogen-bond donors (Lipinski definition) is 0. The molecule has 0 radical (unpaired) electrons. The standard InChI is InChI=1S/C22H23Br2N3O/c1-28-22-20(24)14-16(19-4-2-3-9-25-21(19)22)15-26-10-12-27(13-11-26)18-7-5-17(23)6-8-18/h2-9,14,19H,10-13,15H2,1H3. The molecule has 3 aliphatic rings. The summed E-state index contributed by atoms with van der Waals surface area (Å²) in [5.74, 6) is 0.987. The number of halogens is 2. The smallest absolute Gasteiger partial charge is 0.155 e. The molecule has 0 bridgehead atoms. The molecule has 1 unspecified atom stereocenters. The molecule has 2 aliphatic heterocycles. The van der Waals surface area contributed by atoms with Crippen molar-refractivity contribution in [2.75, 3.05) is 44.7 Å². The van der Waals surface area contributed by atoms with Crippen LogP contribution in [0.1, 0.15) is 0 Å². The highest BCUT2D eigenvalue weighted by atomic mass is 79.9. The Kier molecular flexibility index (Phi) is 6.19. The molecule has 146 valence electrons. The van der Waals surface area contributed by atoms with Crippen LogP contribution < -0.4 is 4.90 Å². The van der Waals surface area contributed by atoms with Crippen molar-refractivity contribution in [3.05, 3.63) is 75.1 Å². The van der Waals surface area contributed by atoms with Crippen molar-refractivity contribution >= 4 is 43.3 Å². The predicted molar refractivity (Wildman–Crippen MR) is 123 cm³/mol. The number of anilines is 1. The third kappa shape index (κ3) is 4.19. The van der Waals surface area contributed by atoms with Gasteiger partial charge in [0.15, 0.2) is 5.76 Å². The van der Waals surface area contributed by atoms with Crippen molar-refractivity contribution in [2.24, 2.45) is 10.9 Å². The highest BCUT2D eigenvalue weighted by Gasteiger charge is 2.30. The zero-order chi connectivity index (χ0) is 19.5. The van der Waals surface area contributed by atoms with E-state index in [1.54, 1.807) is 7.11 Å². The molecule has 0 amide bonds. The highest BCUT2D eigenvalue weighted by molar-refractivity contribution is 9.12. The van der Waals surface area contributed by atoms with Crippen LogP contribution in [0.25, 0.3) is 0 Å². The number of ether oxygens (including phenoxy) is 1. The van der Waals surface area contributed by atoms with Crippen LogP contribution in [0.4, 0.5) is 5.69 Å². The number of nitrogens with zero attached hydrogens (tertiary/aromatic N) is 3. The second kappa shape index (κ2) is 8.80. The van der Waals surface area contributed by atoms with Crippen LogP contribution in [-0.4, -0.2) is 50.4 Å². The number of hydrogen-bond acceptors (Lipinski definition) is 4. The summed E-state index contributed by atoms with van der Waals surface area (Å²) < 4.78 is 7.70. The van der Waals surface area contributed by atoms with E-state index in [9.17, 15) is 0 Å². The van der Waals surface area contributed by atoms with E-state index in [-0.39, 0.29) is 5.92 Å². The first-order valence-electron chi connectivity index (χ1n) is 9.44. The van der Waals surface area contributed by atoms with Gasteiger partial charge in [-0.15, -0.1) is 0 Å². The van der Waals surface area contributed by atoms with Crippen LogP contribution in [0, 0.1) is 5.92 Å². The van der Waals surface area contributed by atoms with Gasteiger partial charge in [0, 0.05) is 55.0 Å². The molecular formula is C22H23Br2N3O. The maximum absolute atomic E-state index is 5.60. The molecule has 0 N–H and O–H groups in total. The molecule has 1 aliphatic carbocycles. The zero-order valence-electron chi connectivity index (χ0n) is 15.8. The SMILES string of the molecule is COC1=C(Br)C=C(CN2CCN(c3ccc(Br)cc3)CC2)C2C=CC=CN=C12. The van der Waals surface area contributed by atoms with E-state index in [0.29, 0.717) is 0 Å². The molecule has 6 heteroatoms. The highest BCUT2D eigenvalue weighted by Crippen LogP contribution is 2.33. The van der Waals surface area contributed by atoms with Gasteiger partial charge in [-0.1, -0.05) is 28.1 Å². The second-order valence-corrected chi connectivity index (χ2v) is 8.83. The van der Waals surface area contributed by atoms with Gasteiger partial charge < -0.3 is 9.64 Å². The Balaban J connectivity index is 1.46. The molecular weight excluding hydrogens is 482 g/mol. The Morgan fingerprint density at radius 2 is 1.82 bits per heavy atom. The number of rotatable bonds is 4. The predicted octanol–water partition coefficient (Wildman–Crippen LogP) is 4.90. The van der Waals surface area contributed by atoms with E-state index in [1.807, 2.05) is 12.3 Å². The Hall–Kier alpha value is -1.63. The summed E-state index contributed by atoms with van der Waals surface area (Å²) in [6.07, 6.45) is 10.3. The molecule has 1 atom stereocenters. The van der Waals surface area contributed by atoms with Crippen molar-refractivity contribution in [1.82, 2.24) is 4.90 Å². The normalized spacial score (nSPS) is 22.5. The van der Waals surface area contributed by atoms with Crippen molar-refractivity contribution < 1.29 is 4.74 Å². The number of benzene rings is 1. The number of piperazine rings is 1. The fourth-order valence-electron chi connectivity index (χ4n) is 3.88. The van der Waals surface area contributed by atoms with E-state index in [4.69, 9.17) is 4.74 Å². The summed E-state index contributed by atoms with van der Waals surface area (Å²) >= 11 is 7.19. The number of allylic oxidation sites excluding steroid dienone is 6. The summed E-state index contributed by atoms with van der Waals surface area (Å²) in [5, 5.41) is 0. The van der Waals surface area contributed by atoms with Crippen LogP contribution in [0.5, 0.6) is 0 Å². The molecule has 0 saturated carbocycles. The van der Waals surface area contributed by atoms with Crippen molar-refractivity contribution in [1.29, 1.82) is 0 Å². The summed E-state index contributed by atoms with van der Waals surface area (Å²) in [6, 6.07) is 8.59. The molecule has 1 aromatic rings. The maximum Gasteiger partial charge on any atom is 0.155 e. The van der Waals surface area contributed by atoms with Gasteiger partial charge in [0.2, 0.25) is 0 Å². The lowest BCUT2D eigenvalue weighted by molar-refractivity contribution is 0.273. The largest absolute Gasteiger partial charge is 0.494 e. The zero-order valence-corrected chi connectivity index (χ0v) is 19.0. The number of fused-ring (bicyclic) bond motifs is 1. The Morgan fingerprint density at radius 3 is 2.54 bits per heavy atom. The maximum atomic E-state index is 5.60.